The minimum absolute atomic E-state index is 0.282. The molecule has 1 aromatic heterocycles. The summed E-state index contributed by atoms with van der Waals surface area (Å²) in [5.41, 5.74) is 0.934. The molecule has 0 aliphatic rings. The van der Waals surface area contributed by atoms with Crippen LogP contribution in [0.25, 0.3) is 0 Å². The maximum atomic E-state index is 10.9. The SMILES string of the molecule is Cc1c(Cl)cc[n+]([O-])c1CO. The van der Waals surface area contributed by atoms with Gasteiger partial charge in [0.2, 0.25) is 5.69 Å². The number of aromatic nitrogens is 1. The molecule has 0 fully saturated rings. The molecule has 1 N–H and O–H groups in total. The average molecular weight is 174 g/mol. The number of hydrogen-bond acceptors (Lipinski definition) is 2. The second-order valence-electron chi connectivity index (χ2n) is 2.22. The molecule has 0 aliphatic heterocycles. The van der Waals surface area contributed by atoms with Crippen LogP contribution in [0.2, 0.25) is 5.02 Å². The fourth-order valence-electron chi connectivity index (χ4n) is 0.840. The lowest BCUT2D eigenvalue weighted by Crippen LogP contribution is -2.32. The molecule has 0 spiro atoms. The van der Waals surface area contributed by atoms with E-state index >= 15 is 0 Å². The Hall–Kier alpha value is -0.800. The number of nitrogens with zero attached hydrogens (tertiary/aromatic N) is 1. The number of halogens is 1. The lowest BCUT2D eigenvalue weighted by Gasteiger charge is -2.04. The predicted molar refractivity (Wildman–Crippen MR) is 41.1 cm³/mol. The molecule has 4 heteroatoms. The van der Waals surface area contributed by atoms with Crippen LogP contribution in [0.5, 0.6) is 0 Å². The van der Waals surface area contributed by atoms with E-state index in [0.29, 0.717) is 21.0 Å². The summed E-state index contributed by atoms with van der Waals surface area (Å²) in [6.07, 6.45) is 1.28. The lowest BCUT2D eigenvalue weighted by atomic mass is 10.2. The van der Waals surface area contributed by atoms with E-state index in [1.165, 1.54) is 12.3 Å². The standard InChI is InChI=1S/C7H8ClNO2/c1-5-6(8)2-3-9(11)7(5)4-10/h2-3,10H,4H2,1H3. The van der Waals surface area contributed by atoms with Crippen LogP contribution < -0.4 is 4.73 Å². The van der Waals surface area contributed by atoms with Crippen LogP contribution in [0, 0.1) is 12.1 Å². The number of pyridine rings is 1. The van der Waals surface area contributed by atoms with Crippen molar-refractivity contribution in [1.82, 2.24) is 0 Å². The quantitative estimate of drug-likeness (QED) is 0.504. The summed E-state index contributed by atoms with van der Waals surface area (Å²) in [7, 11) is 0. The van der Waals surface area contributed by atoms with Crippen molar-refractivity contribution in [3.63, 3.8) is 0 Å². The van der Waals surface area contributed by atoms with Gasteiger partial charge in [-0.1, -0.05) is 11.6 Å². The zero-order chi connectivity index (χ0) is 8.43. The molecule has 0 aromatic carbocycles. The number of rotatable bonds is 1. The minimum atomic E-state index is -0.282. The van der Waals surface area contributed by atoms with E-state index < -0.39 is 0 Å². The molecule has 0 bridgehead atoms. The number of aliphatic hydroxyl groups excluding tert-OH is 1. The van der Waals surface area contributed by atoms with E-state index in [1.54, 1.807) is 6.92 Å². The van der Waals surface area contributed by atoms with Crippen molar-refractivity contribution in [2.75, 3.05) is 0 Å². The fraction of sp³-hybridized carbons (Fsp3) is 0.286. The summed E-state index contributed by atoms with van der Waals surface area (Å²) in [4.78, 5) is 0. The van der Waals surface area contributed by atoms with Gasteiger partial charge in [-0.15, -0.1) is 0 Å². The first kappa shape index (κ1) is 8.30. The van der Waals surface area contributed by atoms with E-state index in [4.69, 9.17) is 16.7 Å². The first-order chi connectivity index (χ1) is 5.16. The van der Waals surface area contributed by atoms with Crippen molar-refractivity contribution in [3.05, 3.63) is 33.8 Å². The highest BCUT2D eigenvalue weighted by Crippen LogP contribution is 2.14. The molecule has 0 radical (unpaired) electrons. The van der Waals surface area contributed by atoms with Crippen LogP contribution in [0.4, 0.5) is 0 Å². The molecular formula is C7H8ClNO2. The van der Waals surface area contributed by atoms with Gasteiger partial charge in [-0.25, -0.2) is 0 Å². The van der Waals surface area contributed by atoms with E-state index in [9.17, 15) is 5.21 Å². The highest BCUT2D eigenvalue weighted by Gasteiger charge is 2.10. The molecular weight excluding hydrogens is 166 g/mol. The maximum Gasteiger partial charge on any atom is 0.222 e. The summed E-state index contributed by atoms with van der Waals surface area (Å²) < 4.78 is 0.612. The molecule has 1 rings (SSSR count). The highest BCUT2D eigenvalue weighted by atomic mass is 35.5. The van der Waals surface area contributed by atoms with Gasteiger partial charge in [0, 0.05) is 11.6 Å². The summed E-state index contributed by atoms with van der Waals surface area (Å²) >= 11 is 5.70. The fourth-order valence-corrected chi connectivity index (χ4v) is 1.00. The number of aliphatic hydroxyl groups is 1. The van der Waals surface area contributed by atoms with E-state index in [0.717, 1.165) is 0 Å². The van der Waals surface area contributed by atoms with Crippen LogP contribution in [-0.4, -0.2) is 5.11 Å². The monoisotopic (exact) mass is 173 g/mol. The first-order valence-electron chi connectivity index (χ1n) is 3.15. The largest absolute Gasteiger partial charge is 0.618 e. The molecule has 11 heavy (non-hydrogen) atoms. The second kappa shape index (κ2) is 3.07. The molecule has 0 atom stereocenters. The van der Waals surface area contributed by atoms with Crippen LogP contribution in [0.1, 0.15) is 11.3 Å². The maximum absolute atomic E-state index is 10.9. The highest BCUT2D eigenvalue weighted by molar-refractivity contribution is 6.31. The Bertz CT molecular complexity index is 275. The summed E-state index contributed by atoms with van der Waals surface area (Å²) in [5.74, 6) is 0. The van der Waals surface area contributed by atoms with Crippen LogP contribution in [0.15, 0.2) is 12.3 Å². The van der Waals surface area contributed by atoms with E-state index in [1.807, 2.05) is 0 Å². The van der Waals surface area contributed by atoms with Crippen molar-refractivity contribution in [2.45, 2.75) is 13.5 Å². The third kappa shape index (κ3) is 1.44. The van der Waals surface area contributed by atoms with Gasteiger partial charge in [0.1, 0.15) is 6.61 Å². The molecule has 60 valence electrons. The Balaban J connectivity index is 3.29. The zero-order valence-corrected chi connectivity index (χ0v) is 6.80. The van der Waals surface area contributed by atoms with Crippen molar-refractivity contribution in [2.24, 2.45) is 0 Å². The molecule has 0 unspecified atom stereocenters. The van der Waals surface area contributed by atoms with Gasteiger partial charge in [-0.3, -0.25) is 0 Å². The average Bonchev–Trinajstić information content (AvgIpc) is 1.99. The Morgan fingerprint density at radius 2 is 2.36 bits per heavy atom. The van der Waals surface area contributed by atoms with Gasteiger partial charge in [0.05, 0.1) is 5.02 Å². The van der Waals surface area contributed by atoms with Gasteiger partial charge in [-0.2, -0.15) is 4.73 Å². The van der Waals surface area contributed by atoms with Gasteiger partial charge < -0.3 is 10.3 Å². The molecule has 1 aromatic rings. The van der Waals surface area contributed by atoms with Crippen LogP contribution in [-0.2, 0) is 6.61 Å². The molecule has 0 saturated heterocycles. The van der Waals surface area contributed by atoms with E-state index in [2.05, 4.69) is 0 Å². The molecule has 1 heterocycles. The van der Waals surface area contributed by atoms with Gasteiger partial charge >= 0.3 is 0 Å². The van der Waals surface area contributed by atoms with Crippen molar-refractivity contribution in [3.8, 4) is 0 Å². The van der Waals surface area contributed by atoms with Crippen molar-refractivity contribution in [1.29, 1.82) is 0 Å². The Morgan fingerprint density at radius 3 is 2.82 bits per heavy atom. The third-order valence-corrected chi connectivity index (χ3v) is 1.97. The van der Waals surface area contributed by atoms with Crippen LogP contribution >= 0.6 is 11.6 Å². The topological polar surface area (TPSA) is 47.2 Å². The van der Waals surface area contributed by atoms with E-state index in [-0.39, 0.29) is 6.61 Å². The molecule has 3 nitrogen and oxygen atoms in total. The Labute approximate surface area is 69.4 Å². The zero-order valence-electron chi connectivity index (χ0n) is 6.04. The van der Waals surface area contributed by atoms with Crippen molar-refractivity contribution < 1.29 is 9.84 Å². The Kier molecular flexibility index (Phi) is 2.31. The smallest absolute Gasteiger partial charge is 0.222 e. The molecule has 0 amide bonds. The number of hydrogen-bond donors (Lipinski definition) is 1. The van der Waals surface area contributed by atoms with Gasteiger partial charge in [0.15, 0.2) is 6.20 Å². The lowest BCUT2D eigenvalue weighted by molar-refractivity contribution is -0.616. The summed E-state index contributed by atoms with van der Waals surface area (Å²) in [6, 6.07) is 1.50. The molecule has 0 saturated carbocycles. The summed E-state index contributed by atoms with van der Waals surface area (Å²) in [5, 5.41) is 20.2. The Morgan fingerprint density at radius 1 is 1.73 bits per heavy atom. The van der Waals surface area contributed by atoms with Crippen molar-refractivity contribution >= 4 is 11.6 Å². The normalized spacial score (nSPS) is 10.1. The third-order valence-electron chi connectivity index (χ3n) is 1.56. The first-order valence-corrected chi connectivity index (χ1v) is 3.52. The van der Waals surface area contributed by atoms with Gasteiger partial charge in [0.25, 0.3) is 0 Å². The van der Waals surface area contributed by atoms with Gasteiger partial charge in [-0.05, 0) is 6.92 Å². The van der Waals surface area contributed by atoms with Crippen LogP contribution in [0.3, 0.4) is 0 Å². The summed E-state index contributed by atoms with van der Waals surface area (Å²) in [6.45, 7) is 1.41. The molecule has 0 aliphatic carbocycles. The minimum Gasteiger partial charge on any atom is -0.618 e. The predicted octanol–water partition coefficient (Wildman–Crippen LogP) is 0.774. The second-order valence-corrected chi connectivity index (χ2v) is 2.63.